The highest BCUT2D eigenvalue weighted by Crippen LogP contribution is 2.22. The minimum Gasteiger partial charge on any atom is -0.364 e. The van der Waals surface area contributed by atoms with Crippen LogP contribution in [0.15, 0.2) is 18.2 Å². The van der Waals surface area contributed by atoms with Gasteiger partial charge in [-0.05, 0) is 31.9 Å². The Morgan fingerprint density at radius 1 is 1.53 bits per heavy atom. The van der Waals surface area contributed by atoms with E-state index in [0.29, 0.717) is 11.7 Å². The van der Waals surface area contributed by atoms with Crippen LogP contribution in [0.2, 0.25) is 0 Å². The number of rotatable bonds is 2. The summed E-state index contributed by atoms with van der Waals surface area (Å²) < 4.78 is 0. The maximum atomic E-state index is 11.1. The number of carbonyl (C=O) groups is 1. The molecule has 0 radical (unpaired) electrons. The van der Waals surface area contributed by atoms with Gasteiger partial charge >= 0.3 is 0 Å². The van der Waals surface area contributed by atoms with Crippen LogP contribution >= 0.6 is 0 Å². The Balaban J connectivity index is 2.22. The van der Waals surface area contributed by atoms with Crippen molar-refractivity contribution < 1.29 is 4.79 Å². The van der Waals surface area contributed by atoms with Crippen molar-refractivity contribution in [2.75, 3.05) is 11.4 Å². The Labute approximate surface area is 101 Å². The number of amides is 1. The molecule has 0 spiro atoms. The fourth-order valence-corrected chi connectivity index (χ4v) is 2.27. The van der Waals surface area contributed by atoms with E-state index in [1.807, 2.05) is 12.1 Å². The van der Waals surface area contributed by atoms with Crippen molar-refractivity contribution in [3.05, 3.63) is 23.9 Å². The number of aromatic nitrogens is 1. The summed E-state index contributed by atoms with van der Waals surface area (Å²) >= 11 is 0. The number of nitrogens with zero attached hydrogens (tertiary/aromatic N) is 2. The normalized spacial score (nSPS) is 24.7. The smallest absolute Gasteiger partial charge is 0.267 e. The second-order valence-electron chi connectivity index (χ2n) is 4.57. The van der Waals surface area contributed by atoms with Crippen LogP contribution in [0.4, 0.5) is 5.82 Å². The van der Waals surface area contributed by atoms with Crippen LogP contribution in [-0.2, 0) is 0 Å². The Kier molecular flexibility index (Phi) is 3.28. The number of hydrogen-bond donors (Lipinski definition) is 2. The molecule has 4 N–H and O–H groups in total. The predicted molar refractivity (Wildman–Crippen MR) is 66.8 cm³/mol. The zero-order valence-electron chi connectivity index (χ0n) is 9.97. The first-order chi connectivity index (χ1) is 8.08. The summed E-state index contributed by atoms with van der Waals surface area (Å²) in [7, 11) is 0. The summed E-state index contributed by atoms with van der Waals surface area (Å²) in [5, 5.41) is 0. The third-order valence-corrected chi connectivity index (χ3v) is 3.20. The van der Waals surface area contributed by atoms with Crippen LogP contribution in [0.1, 0.15) is 30.3 Å². The van der Waals surface area contributed by atoms with Crippen LogP contribution in [0.3, 0.4) is 0 Å². The largest absolute Gasteiger partial charge is 0.364 e. The lowest BCUT2D eigenvalue weighted by atomic mass is 9.99. The highest BCUT2D eigenvalue weighted by atomic mass is 16.1. The Bertz CT molecular complexity index is 421. The molecule has 0 bridgehead atoms. The molecule has 5 nitrogen and oxygen atoms in total. The van der Waals surface area contributed by atoms with Gasteiger partial charge in [-0.25, -0.2) is 4.98 Å². The fraction of sp³-hybridized carbons (Fsp3) is 0.500. The van der Waals surface area contributed by atoms with Crippen molar-refractivity contribution in [2.45, 2.75) is 31.8 Å². The van der Waals surface area contributed by atoms with Gasteiger partial charge in [-0.15, -0.1) is 0 Å². The average molecular weight is 234 g/mol. The monoisotopic (exact) mass is 234 g/mol. The molecule has 0 saturated carbocycles. The maximum Gasteiger partial charge on any atom is 0.267 e. The molecule has 1 fully saturated rings. The molecule has 2 unspecified atom stereocenters. The maximum absolute atomic E-state index is 11.1. The van der Waals surface area contributed by atoms with Gasteiger partial charge in [0.15, 0.2) is 0 Å². The van der Waals surface area contributed by atoms with Gasteiger partial charge in [-0.2, -0.15) is 0 Å². The predicted octanol–water partition coefficient (Wildman–Crippen LogP) is 0.497. The standard InChI is InChI=1S/C12H18N4O/c1-8-7-9(13)5-6-16(8)11-4-2-3-10(15-11)12(14)17/h2-4,8-9H,5-7,13H2,1H3,(H2,14,17). The van der Waals surface area contributed by atoms with Gasteiger partial charge in [0, 0.05) is 18.6 Å². The molecule has 1 aromatic heterocycles. The van der Waals surface area contributed by atoms with E-state index in [9.17, 15) is 4.79 Å². The molecular weight excluding hydrogens is 216 g/mol. The van der Waals surface area contributed by atoms with Gasteiger partial charge in [0.2, 0.25) is 0 Å². The summed E-state index contributed by atoms with van der Waals surface area (Å²) in [5.74, 6) is 0.314. The summed E-state index contributed by atoms with van der Waals surface area (Å²) in [5.41, 5.74) is 11.5. The van der Waals surface area contributed by atoms with E-state index in [4.69, 9.17) is 11.5 Å². The van der Waals surface area contributed by atoms with Crippen LogP contribution in [0, 0.1) is 0 Å². The average Bonchev–Trinajstić information content (AvgIpc) is 2.29. The lowest BCUT2D eigenvalue weighted by molar-refractivity contribution is 0.0995. The van der Waals surface area contributed by atoms with Crippen LogP contribution in [-0.4, -0.2) is 29.5 Å². The SMILES string of the molecule is CC1CC(N)CCN1c1cccc(C(N)=O)n1. The first kappa shape index (κ1) is 11.9. The van der Waals surface area contributed by atoms with E-state index in [1.165, 1.54) is 0 Å². The molecule has 1 aliphatic rings. The number of anilines is 1. The first-order valence-corrected chi connectivity index (χ1v) is 5.87. The molecule has 17 heavy (non-hydrogen) atoms. The van der Waals surface area contributed by atoms with Crippen molar-refractivity contribution in [3.63, 3.8) is 0 Å². The number of piperidine rings is 1. The summed E-state index contributed by atoms with van der Waals surface area (Å²) in [4.78, 5) is 17.5. The molecule has 2 rings (SSSR count). The topological polar surface area (TPSA) is 85.2 Å². The summed E-state index contributed by atoms with van der Waals surface area (Å²) in [6.45, 7) is 3.00. The molecule has 0 aromatic carbocycles. The Hall–Kier alpha value is -1.62. The van der Waals surface area contributed by atoms with Crippen LogP contribution < -0.4 is 16.4 Å². The lowest BCUT2D eigenvalue weighted by Crippen LogP contribution is -2.46. The van der Waals surface area contributed by atoms with Gasteiger partial charge in [-0.1, -0.05) is 6.07 Å². The fourth-order valence-electron chi connectivity index (χ4n) is 2.27. The highest BCUT2D eigenvalue weighted by molar-refractivity contribution is 5.91. The van der Waals surface area contributed by atoms with Gasteiger partial charge in [0.25, 0.3) is 5.91 Å². The molecule has 1 aromatic rings. The zero-order chi connectivity index (χ0) is 12.4. The quantitative estimate of drug-likeness (QED) is 0.780. The molecular formula is C12H18N4O. The summed E-state index contributed by atoms with van der Waals surface area (Å²) in [6, 6.07) is 5.95. The molecule has 2 heterocycles. The van der Waals surface area contributed by atoms with Crippen molar-refractivity contribution in [1.82, 2.24) is 4.98 Å². The number of pyridine rings is 1. The van der Waals surface area contributed by atoms with E-state index in [2.05, 4.69) is 16.8 Å². The van der Waals surface area contributed by atoms with E-state index in [-0.39, 0.29) is 6.04 Å². The van der Waals surface area contributed by atoms with Crippen molar-refractivity contribution in [2.24, 2.45) is 11.5 Å². The highest BCUT2D eigenvalue weighted by Gasteiger charge is 2.24. The molecule has 1 aliphatic heterocycles. The van der Waals surface area contributed by atoms with Gasteiger partial charge in [0.1, 0.15) is 11.5 Å². The van der Waals surface area contributed by atoms with Crippen molar-refractivity contribution in [1.29, 1.82) is 0 Å². The third kappa shape index (κ3) is 2.55. The minimum absolute atomic E-state index is 0.264. The van der Waals surface area contributed by atoms with E-state index >= 15 is 0 Å². The Morgan fingerprint density at radius 3 is 2.94 bits per heavy atom. The van der Waals surface area contributed by atoms with Crippen LogP contribution in [0.5, 0.6) is 0 Å². The first-order valence-electron chi connectivity index (χ1n) is 5.87. The van der Waals surface area contributed by atoms with E-state index < -0.39 is 5.91 Å². The number of carbonyl (C=O) groups excluding carboxylic acids is 1. The molecule has 1 amide bonds. The minimum atomic E-state index is -0.492. The third-order valence-electron chi connectivity index (χ3n) is 3.20. The van der Waals surface area contributed by atoms with E-state index in [1.54, 1.807) is 6.07 Å². The van der Waals surface area contributed by atoms with Crippen LogP contribution in [0.25, 0.3) is 0 Å². The molecule has 92 valence electrons. The van der Waals surface area contributed by atoms with Crippen molar-refractivity contribution in [3.8, 4) is 0 Å². The Morgan fingerprint density at radius 2 is 2.29 bits per heavy atom. The summed E-state index contributed by atoms with van der Waals surface area (Å²) in [6.07, 6.45) is 1.90. The van der Waals surface area contributed by atoms with Crippen molar-refractivity contribution >= 4 is 11.7 Å². The zero-order valence-corrected chi connectivity index (χ0v) is 9.97. The lowest BCUT2D eigenvalue weighted by Gasteiger charge is -2.37. The number of primary amides is 1. The number of hydrogen-bond acceptors (Lipinski definition) is 4. The second-order valence-corrected chi connectivity index (χ2v) is 4.57. The molecule has 1 saturated heterocycles. The van der Waals surface area contributed by atoms with Gasteiger partial charge in [0.05, 0.1) is 0 Å². The molecule has 2 atom stereocenters. The number of nitrogens with two attached hydrogens (primary N) is 2. The van der Waals surface area contributed by atoms with E-state index in [0.717, 1.165) is 25.2 Å². The molecule has 5 heteroatoms. The molecule has 0 aliphatic carbocycles. The van der Waals surface area contributed by atoms with Gasteiger partial charge in [-0.3, -0.25) is 4.79 Å². The van der Waals surface area contributed by atoms with Gasteiger partial charge < -0.3 is 16.4 Å². The second kappa shape index (κ2) is 4.71.